The summed E-state index contributed by atoms with van der Waals surface area (Å²) < 4.78 is 0. The lowest BCUT2D eigenvalue weighted by molar-refractivity contribution is -0.142. The normalized spacial score (nSPS) is 34.5. The number of rotatable bonds is 4. The Morgan fingerprint density at radius 1 is 1.16 bits per heavy atom. The van der Waals surface area contributed by atoms with Crippen LogP contribution in [0.4, 0.5) is 0 Å². The third-order valence-corrected chi connectivity index (χ3v) is 10.5. The number of thiazole rings is 1. The summed E-state index contributed by atoms with van der Waals surface area (Å²) in [5, 5.41) is 10.1. The van der Waals surface area contributed by atoms with Gasteiger partial charge in [-0.3, -0.25) is 24.1 Å². The van der Waals surface area contributed by atoms with Crippen LogP contribution in [0.25, 0.3) is 0 Å². The second-order valence-corrected chi connectivity index (χ2v) is 11.5. The van der Waals surface area contributed by atoms with Gasteiger partial charge in [0.1, 0.15) is 0 Å². The van der Waals surface area contributed by atoms with Crippen LogP contribution >= 0.6 is 23.1 Å². The van der Waals surface area contributed by atoms with E-state index in [2.05, 4.69) is 24.0 Å². The molecule has 2 N–H and O–H groups in total. The van der Waals surface area contributed by atoms with Crippen molar-refractivity contribution in [3.63, 3.8) is 0 Å². The fourth-order valence-electron chi connectivity index (χ4n) is 6.79. The number of aromatic nitrogens is 1. The lowest BCUT2D eigenvalue weighted by Crippen LogP contribution is -2.42. The Morgan fingerprint density at radius 2 is 1.88 bits per heavy atom. The highest BCUT2D eigenvalue weighted by Gasteiger charge is 2.69. The van der Waals surface area contributed by atoms with Gasteiger partial charge in [-0.1, -0.05) is 35.6 Å². The molecule has 4 aliphatic rings. The van der Waals surface area contributed by atoms with Gasteiger partial charge in [0.2, 0.25) is 11.8 Å². The van der Waals surface area contributed by atoms with Crippen molar-refractivity contribution in [2.45, 2.75) is 36.0 Å². The van der Waals surface area contributed by atoms with Gasteiger partial charge < -0.3 is 10.1 Å². The summed E-state index contributed by atoms with van der Waals surface area (Å²) in [6.45, 7) is 2.03. The number of imide groups is 1. The quantitative estimate of drug-likeness (QED) is 0.666. The minimum atomic E-state index is -1.01. The predicted octanol–water partition coefficient (Wildman–Crippen LogP) is 2.69. The second kappa shape index (κ2) is 7.05. The molecule has 3 fully saturated rings. The van der Waals surface area contributed by atoms with Crippen LogP contribution in [0, 0.1) is 36.5 Å². The Balaban J connectivity index is 1.43. The number of benzene rings is 1. The molecule has 2 aliphatic carbocycles. The molecule has 2 saturated carbocycles. The van der Waals surface area contributed by atoms with Gasteiger partial charge in [-0.2, -0.15) is 0 Å². The number of nitrogens with one attached hydrogen (secondary N) is 1. The summed E-state index contributed by atoms with van der Waals surface area (Å²) in [6.07, 6.45) is 0.613. The molecule has 9 heteroatoms. The minimum absolute atomic E-state index is 0.0216. The fourth-order valence-corrected chi connectivity index (χ4v) is 9.67. The van der Waals surface area contributed by atoms with Crippen LogP contribution in [0.1, 0.15) is 34.8 Å². The Kier molecular flexibility index (Phi) is 4.46. The smallest absolute Gasteiger partial charge is 0.305 e. The molecule has 0 spiro atoms. The number of thioether (sulfide) groups is 1. The van der Waals surface area contributed by atoms with Gasteiger partial charge in [0, 0.05) is 22.6 Å². The molecule has 0 radical (unpaired) electrons. The number of likely N-dealkylation sites (tertiary alicyclic amines) is 1. The number of H-pyrrole nitrogens is 1. The maximum Gasteiger partial charge on any atom is 0.305 e. The maximum atomic E-state index is 13.3. The van der Waals surface area contributed by atoms with Crippen LogP contribution in [0.5, 0.6) is 0 Å². The number of carboxylic acid groups (broad SMARTS) is 1. The van der Waals surface area contributed by atoms with Crippen molar-refractivity contribution in [2.75, 3.05) is 6.54 Å². The van der Waals surface area contributed by atoms with E-state index in [1.54, 1.807) is 11.8 Å². The average Bonchev–Trinajstić information content (AvgIpc) is 3.46. The Hall–Kier alpha value is -2.39. The molecule has 1 saturated heterocycles. The van der Waals surface area contributed by atoms with Crippen molar-refractivity contribution in [1.29, 1.82) is 0 Å². The number of hydrogen-bond donors (Lipinski definition) is 2. The number of aryl methyl sites for hydroxylation is 1. The molecule has 0 unspecified atom stereocenters. The molecule has 1 aromatic heterocycles. The van der Waals surface area contributed by atoms with Crippen LogP contribution in [-0.4, -0.2) is 44.6 Å². The first kappa shape index (κ1) is 20.2. The largest absolute Gasteiger partial charge is 0.481 e. The van der Waals surface area contributed by atoms with Crippen molar-refractivity contribution in [1.82, 2.24) is 9.88 Å². The Labute approximate surface area is 192 Å². The number of amides is 2. The second-order valence-electron chi connectivity index (χ2n) is 9.29. The zero-order chi connectivity index (χ0) is 22.3. The van der Waals surface area contributed by atoms with E-state index in [0.717, 1.165) is 21.9 Å². The number of nitrogens with zero attached hydrogens (tertiary/aromatic N) is 1. The van der Waals surface area contributed by atoms with Gasteiger partial charge >= 0.3 is 10.8 Å². The number of carbonyl (C=O) groups is 3. The van der Waals surface area contributed by atoms with Crippen molar-refractivity contribution in [2.24, 2.45) is 29.6 Å². The van der Waals surface area contributed by atoms with Gasteiger partial charge in [0.05, 0.1) is 23.3 Å². The van der Waals surface area contributed by atoms with E-state index in [1.807, 2.05) is 12.1 Å². The summed E-state index contributed by atoms with van der Waals surface area (Å²) >= 11 is 2.92. The molecule has 2 amide bonds. The summed E-state index contributed by atoms with van der Waals surface area (Å²) in [7, 11) is 0. The molecule has 166 valence electrons. The predicted molar refractivity (Wildman–Crippen MR) is 119 cm³/mol. The van der Waals surface area contributed by atoms with E-state index in [-0.39, 0.29) is 70.4 Å². The number of aromatic amines is 1. The monoisotopic (exact) mass is 470 g/mol. The molecule has 7 atom stereocenters. The van der Waals surface area contributed by atoms with Crippen LogP contribution in [0.15, 0.2) is 34.1 Å². The molecule has 2 aromatic rings. The zero-order valence-electron chi connectivity index (χ0n) is 17.3. The zero-order valence-corrected chi connectivity index (χ0v) is 18.9. The highest BCUT2D eigenvalue weighted by molar-refractivity contribution is 8.00. The minimum Gasteiger partial charge on any atom is -0.481 e. The van der Waals surface area contributed by atoms with Crippen molar-refractivity contribution in [3.05, 3.63) is 49.9 Å². The van der Waals surface area contributed by atoms with Gasteiger partial charge in [0.25, 0.3) is 0 Å². The summed E-state index contributed by atoms with van der Waals surface area (Å²) in [5.74, 6) is -1.83. The lowest BCUT2D eigenvalue weighted by Gasteiger charge is -2.43. The third kappa shape index (κ3) is 2.67. The van der Waals surface area contributed by atoms with Gasteiger partial charge in [-0.25, -0.2) is 0 Å². The molecule has 1 aromatic carbocycles. The number of carboxylic acids is 1. The molecular weight excluding hydrogens is 448 g/mol. The number of fused-ring (bicyclic) bond motifs is 9. The van der Waals surface area contributed by atoms with Crippen LogP contribution < -0.4 is 4.87 Å². The Bertz CT molecular complexity index is 1220. The van der Waals surface area contributed by atoms with E-state index < -0.39 is 5.97 Å². The SMILES string of the molecule is Cc1ccccc1[C@H]1c2sc(=O)[nH]c2S[C@@H]2[C@H]3C[C@@H]([C@H]4C(=O)N(CCC(=O)O)C(=O)[C@H]34)[C@@H]12. The summed E-state index contributed by atoms with van der Waals surface area (Å²) in [5.41, 5.74) is 2.34. The standard InChI is InChI=1S/C23H22N2O5S2/c1-9-4-2-3-5-10(9)14-15-11-8-12(18(15)31-20-19(14)32-23(30)24-20)17-16(11)21(28)25(22(17)29)7-6-13(26)27/h2-5,11-12,14-18H,6-8H2,1H3,(H,24,30)(H,26,27)/t11-,12+,14-,15+,16-,17-,18-/m1/s1. The first-order chi connectivity index (χ1) is 15.4. The van der Waals surface area contributed by atoms with Crippen molar-refractivity contribution in [3.8, 4) is 0 Å². The topological polar surface area (TPSA) is 108 Å². The molecule has 2 aliphatic heterocycles. The molecule has 32 heavy (non-hydrogen) atoms. The first-order valence-electron chi connectivity index (χ1n) is 10.9. The number of carbonyl (C=O) groups excluding carboxylic acids is 2. The number of hydrogen-bond acceptors (Lipinski definition) is 6. The third-order valence-electron chi connectivity index (χ3n) is 7.89. The Morgan fingerprint density at radius 3 is 2.59 bits per heavy atom. The summed E-state index contributed by atoms with van der Waals surface area (Å²) in [6, 6.07) is 8.22. The highest BCUT2D eigenvalue weighted by atomic mass is 32.2. The number of aliphatic carboxylic acids is 1. The van der Waals surface area contributed by atoms with Crippen LogP contribution in [0.2, 0.25) is 0 Å². The van der Waals surface area contributed by atoms with Crippen LogP contribution in [0.3, 0.4) is 0 Å². The van der Waals surface area contributed by atoms with E-state index in [1.165, 1.54) is 21.8 Å². The first-order valence-corrected chi connectivity index (χ1v) is 12.6. The van der Waals surface area contributed by atoms with Gasteiger partial charge in [0.15, 0.2) is 0 Å². The van der Waals surface area contributed by atoms with E-state index in [4.69, 9.17) is 5.11 Å². The van der Waals surface area contributed by atoms with Gasteiger partial charge in [-0.15, -0.1) is 11.8 Å². The van der Waals surface area contributed by atoms with E-state index in [0.29, 0.717) is 0 Å². The molecule has 7 nitrogen and oxygen atoms in total. The molecule has 2 bridgehead atoms. The molecular formula is C23H22N2O5S2. The van der Waals surface area contributed by atoms with E-state index in [9.17, 15) is 19.2 Å². The maximum absolute atomic E-state index is 13.3. The lowest BCUT2D eigenvalue weighted by atomic mass is 9.67. The van der Waals surface area contributed by atoms with Crippen molar-refractivity contribution >= 4 is 40.9 Å². The van der Waals surface area contributed by atoms with Crippen LogP contribution in [-0.2, 0) is 14.4 Å². The molecule has 6 rings (SSSR count). The van der Waals surface area contributed by atoms with Crippen molar-refractivity contribution < 1.29 is 19.5 Å². The fraction of sp³-hybridized carbons (Fsp3) is 0.478. The average molecular weight is 471 g/mol. The molecule has 3 heterocycles. The highest BCUT2D eigenvalue weighted by Crippen LogP contribution is 2.68. The summed E-state index contributed by atoms with van der Waals surface area (Å²) in [4.78, 5) is 55.0. The van der Waals surface area contributed by atoms with Gasteiger partial charge in [-0.05, 0) is 42.2 Å². The van der Waals surface area contributed by atoms with E-state index >= 15 is 0 Å².